The molecular weight excluding hydrogens is 130 g/mol. The lowest BCUT2D eigenvalue weighted by atomic mass is 10.0. The van der Waals surface area contributed by atoms with E-state index in [9.17, 15) is 5.11 Å². The minimum atomic E-state index is -0.606. The molecule has 3 nitrogen and oxygen atoms in total. The van der Waals surface area contributed by atoms with Crippen LogP contribution >= 0.6 is 0 Å². The van der Waals surface area contributed by atoms with E-state index in [-0.39, 0.29) is 0 Å². The number of piperidine rings is 1. The van der Waals surface area contributed by atoms with Crippen LogP contribution in [-0.2, 0) is 4.74 Å². The summed E-state index contributed by atoms with van der Waals surface area (Å²) >= 11 is 0. The molecule has 0 amide bonds. The van der Waals surface area contributed by atoms with Crippen molar-refractivity contribution < 1.29 is 9.84 Å². The van der Waals surface area contributed by atoms with Crippen LogP contribution in [0.5, 0.6) is 0 Å². The van der Waals surface area contributed by atoms with E-state index >= 15 is 0 Å². The average molecular weight is 143 g/mol. The van der Waals surface area contributed by atoms with Crippen LogP contribution in [0.2, 0.25) is 0 Å². The first-order valence-corrected chi connectivity index (χ1v) is 3.93. The van der Waals surface area contributed by atoms with Gasteiger partial charge in [0, 0.05) is 12.6 Å². The molecule has 2 aliphatic rings. The summed E-state index contributed by atoms with van der Waals surface area (Å²) < 4.78 is 5.08. The molecule has 2 aliphatic heterocycles. The Hall–Kier alpha value is -0.120. The van der Waals surface area contributed by atoms with Gasteiger partial charge in [0.1, 0.15) is 0 Å². The van der Waals surface area contributed by atoms with Gasteiger partial charge in [-0.2, -0.15) is 0 Å². The first-order valence-electron chi connectivity index (χ1n) is 3.93. The molecule has 2 saturated heterocycles. The van der Waals surface area contributed by atoms with Gasteiger partial charge in [0.15, 0.2) is 0 Å². The molecule has 58 valence electrons. The van der Waals surface area contributed by atoms with Crippen molar-refractivity contribution in [2.24, 2.45) is 0 Å². The number of ether oxygens (including phenoxy) is 1. The van der Waals surface area contributed by atoms with Gasteiger partial charge in [-0.1, -0.05) is 6.42 Å². The summed E-state index contributed by atoms with van der Waals surface area (Å²) in [5, 5.41) is 9.23. The second-order valence-corrected chi connectivity index (χ2v) is 3.05. The number of hydrogen-bond donors (Lipinski definition) is 1. The summed E-state index contributed by atoms with van der Waals surface area (Å²) in [6.45, 7) is 1.73. The summed E-state index contributed by atoms with van der Waals surface area (Å²) in [6, 6.07) is 0.503. The average Bonchev–Trinajstić information content (AvgIpc) is 2.34. The van der Waals surface area contributed by atoms with Crippen LogP contribution in [0, 0.1) is 0 Å². The molecule has 0 aliphatic carbocycles. The van der Waals surface area contributed by atoms with Crippen molar-refractivity contribution in [1.82, 2.24) is 4.90 Å². The van der Waals surface area contributed by atoms with Crippen LogP contribution in [0.4, 0.5) is 0 Å². The Morgan fingerprint density at radius 2 is 2.30 bits per heavy atom. The lowest BCUT2D eigenvalue weighted by Gasteiger charge is -2.28. The molecule has 0 bridgehead atoms. The molecule has 0 aromatic rings. The normalized spacial score (nSPS) is 41.7. The molecule has 2 heterocycles. The van der Waals surface area contributed by atoms with E-state index in [1.165, 1.54) is 19.3 Å². The van der Waals surface area contributed by atoms with Gasteiger partial charge in [0.2, 0.25) is 6.41 Å². The standard InChI is InChI=1S/C7H13NO2/c9-7-8-4-2-1-3-6(8)5-10-7/h6-7,9H,1-5H2/t6-,7?/m0/s1. The molecule has 0 aromatic heterocycles. The first-order chi connectivity index (χ1) is 4.88. The Morgan fingerprint density at radius 3 is 3.10 bits per heavy atom. The Kier molecular flexibility index (Phi) is 1.64. The maximum absolute atomic E-state index is 9.23. The highest BCUT2D eigenvalue weighted by molar-refractivity contribution is 4.80. The summed E-state index contributed by atoms with van der Waals surface area (Å²) in [5.41, 5.74) is 0. The topological polar surface area (TPSA) is 32.7 Å². The van der Waals surface area contributed by atoms with Gasteiger partial charge in [-0.15, -0.1) is 0 Å². The van der Waals surface area contributed by atoms with Crippen molar-refractivity contribution in [2.75, 3.05) is 13.2 Å². The molecule has 2 atom stereocenters. The Labute approximate surface area is 60.6 Å². The summed E-state index contributed by atoms with van der Waals surface area (Å²) in [5.74, 6) is 0. The lowest BCUT2D eigenvalue weighted by Crippen LogP contribution is -2.40. The third-order valence-corrected chi connectivity index (χ3v) is 2.39. The highest BCUT2D eigenvalue weighted by Gasteiger charge is 2.34. The molecule has 0 saturated carbocycles. The van der Waals surface area contributed by atoms with E-state index in [2.05, 4.69) is 0 Å². The fourth-order valence-electron chi connectivity index (χ4n) is 1.79. The second kappa shape index (κ2) is 2.49. The molecule has 2 fully saturated rings. The van der Waals surface area contributed by atoms with Gasteiger partial charge < -0.3 is 9.84 Å². The van der Waals surface area contributed by atoms with E-state index in [4.69, 9.17) is 4.74 Å². The molecular formula is C7H13NO2. The van der Waals surface area contributed by atoms with Crippen molar-refractivity contribution in [2.45, 2.75) is 31.7 Å². The lowest BCUT2D eigenvalue weighted by molar-refractivity contribution is -0.138. The van der Waals surface area contributed by atoms with Crippen LogP contribution in [0.15, 0.2) is 0 Å². The molecule has 1 unspecified atom stereocenters. The van der Waals surface area contributed by atoms with Crippen LogP contribution in [0.3, 0.4) is 0 Å². The highest BCUT2D eigenvalue weighted by Crippen LogP contribution is 2.24. The Balaban J connectivity index is 2.01. The van der Waals surface area contributed by atoms with E-state index in [1.54, 1.807) is 0 Å². The van der Waals surface area contributed by atoms with E-state index in [1.807, 2.05) is 4.90 Å². The predicted octanol–water partition coefficient (Wildman–Crippen LogP) is 0.147. The fraction of sp³-hybridized carbons (Fsp3) is 1.00. The van der Waals surface area contributed by atoms with E-state index < -0.39 is 6.41 Å². The molecule has 3 heteroatoms. The number of hydrogen-bond acceptors (Lipinski definition) is 3. The number of fused-ring (bicyclic) bond motifs is 1. The summed E-state index contributed by atoms with van der Waals surface area (Å²) in [6.07, 6.45) is 3.08. The second-order valence-electron chi connectivity index (χ2n) is 3.05. The zero-order chi connectivity index (χ0) is 6.97. The van der Waals surface area contributed by atoms with Gasteiger partial charge in [-0.25, -0.2) is 0 Å². The number of aliphatic hydroxyl groups excluding tert-OH is 1. The van der Waals surface area contributed by atoms with Crippen molar-refractivity contribution in [1.29, 1.82) is 0 Å². The quantitative estimate of drug-likeness (QED) is 0.524. The smallest absolute Gasteiger partial charge is 0.216 e. The van der Waals surface area contributed by atoms with E-state index in [0.29, 0.717) is 6.04 Å². The van der Waals surface area contributed by atoms with Crippen LogP contribution < -0.4 is 0 Å². The predicted molar refractivity (Wildman–Crippen MR) is 36.3 cm³/mol. The van der Waals surface area contributed by atoms with Gasteiger partial charge in [0.05, 0.1) is 6.61 Å². The number of rotatable bonds is 0. The zero-order valence-corrected chi connectivity index (χ0v) is 5.99. The monoisotopic (exact) mass is 143 g/mol. The van der Waals surface area contributed by atoms with Gasteiger partial charge in [-0.3, -0.25) is 4.90 Å². The molecule has 2 rings (SSSR count). The van der Waals surface area contributed by atoms with Gasteiger partial charge >= 0.3 is 0 Å². The van der Waals surface area contributed by atoms with Crippen molar-refractivity contribution >= 4 is 0 Å². The Bertz CT molecular complexity index is 127. The number of aliphatic hydroxyl groups is 1. The molecule has 0 aromatic carbocycles. The first kappa shape index (κ1) is 6.58. The zero-order valence-electron chi connectivity index (χ0n) is 5.99. The molecule has 0 radical (unpaired) electrons. The Morgan fingerprint density at radius 1 is 1.40 bits per heavy atom. The molecule has 1 N–H and O–H groups in total. The highest BCUT2D eigenvalue weighted by atomic mass is 16.6. The minimum Gasteiger partial charge on any atom is -0.356 e. The van der Waals surface area contributed by atoms with Crippen molar-refractivity contribution in [3.05, 3.63) is 0 Å². The van der Waals surface area contributed by atoms with E-state index in [0.717, 1.165) is 13.2 Å². The van der Waals surface area contributed by atoms with Crippen LogP contribution in [-0.4, -0.2) is 35.6 Å². The minimum absolute atomic E-state index is 0.503. The third-order valence-electron chi connectivity index (χ3n) is 2.39. The van der Waals surface area contributed by atoms with Crippen LogP contribution in [0.25, 0.3) is 0 Å². The fourth-order valence-corrected chi connectivity index (χ4v) is 1.79. The largest absolute Gasteiger partial charge is 0.356 e. The van der Waals surface area contributed by atoms with Crippen molar-refractivity contribution in [3.63, 3.8) is 0 Å². The summed E-state index contributed by atoms with van der Waals surface area (Å²) in [4.78, 5) is 2.05. The third kappa shape index (κ3) is 0.944. The molecule has 10 heavy (non-hydrogen) atoms. The maximum Gasteiger partial charge on any atom is 0.216 e. The SMILES string of the molecule is OC1OC[C@@H]2CCCCN12. The van der Waals surface area contributed by atoms with Crippen LogP contribution in [0.1, 0.15) is 19.3 Å². The number of nitrogens with zero attached hydrogens (tertiary/aromatic N) is 1. The van der Waals surface area contributed by atoms with Crippen molar-refractivity contribution in [3.8, 4) is 0 Å². The maximum atomic E-state index is 9.23. The summed E-state index contributed by atoms with van der Waals surface area (Å²) in [7, 11) is 0. The molecule has 0 spiro atoms. The van der Waals surface area contributed by atoms with Gasteiger partial charge in [-0.05, 0) is 12.8 Å². The van der Waals surface area contributed by atoms with Gasteiger partial charge in [0.25, 0.3) is 0 Å².